The maximum Gasteiger partial charge on any atom is 0.257 e. The Bertz CT molecular complexity index is 545. The predicted octanol–water partition coefficient (Wildman–Crippen LogP) is 1.79. The minimum Gasteiger partial charge on any atom is -0.384 e. The Morgan fingerprint density at radius 3 is 3.00 bits per heavy atom. The highest BCUT2D eigenvalue weighted by molar-refractivity contribution is 5.95. The Morgan fingerprint density at radius 1 is 1.58 bits per heavy atom. The molecule has 100 valence electrons. The molecule has 1 aromatic carbocycles. The van der Waals surface area contributed by atoms with Crippen molar-refractivity contribution >= 4 is 5.91 Å². The monoisotopic (exact) mass is 261 g/mol. The van der Waals surface area contributed by atoms with Crippen molar-refractivity contribution < 1.29 is 14.3 Å². The van der Waals surface area contributed by atoms with Crippen molar-refractivity contribution in [1.82, 2.24) is 4.90 Å². The number of amides is 1. The third kappa shape index (κ3) is 2.94. The zero-order chi connectivity index (χ0) is 13.8. The van der Waals surface area contributed by atoms with E-state index in [1.54, 1.807) is 4.90 Å². The summed E-state index contributed by atoms with van der Waals surface area (Å²) in [6.07, 6.45) is 1.91. The second-order valence-corrected chi connectivity index (χ2v) is 4.64. The van der Waals surface area contributed by atoms with E-state index in [4.69, 9.17) is 5.11 Å². The second-order valence-electron chi connectivity index (χ2n) is 4.64. The van der Waals surface area contributed by atoms with Crippen molar-refractivity contribution in [3.63, 3.8) is 0 Å². The molecular formula is C15H16FNO2. The van der Waals surface area contributed by atoms with Gasteiger partial charge in [0, 0.05) is 18.2 Å². The molecule has 1 aliphatic rings. The Balaban J connectivity index is 2.30. The maximum absolute atomic E-state index is 13.8. The lowest BCUT2D eigenvalue weighted by atomic mass is 10.1. The van der Waals surface area contributed by atoms with Crippen molar-refractivity contribution in [2.75, 3.05) is 13.2 Å². The van der Waals surface area contributed by atoms with Crippen LogP contribution in [-0.4, -0.2) is 35.1 Å². The summed E-state index contributed by atoms with van der Waals surface area (Å²) < 4.78 is 13.8. The first kappa shape index (κ1) is 13.6. The van der Waals surface area contributed by atoms with Gasteiger partial charge in [-0.15, -0.1) is 0 Å². The first-order valence-corrected chi connectivity index (χ1v) is 6.33. The predicted molar refractivity (Wildman–Crippen MR) is 70.1 cm³/mol. The van der Waals surface area contributed by atoms with Crippen LogP contribution in [0.15, 0.2) is 18.2 Å². The van der Waals surface area contributed by atoms with Crippen LogP contribution in [0.3, 0.4) is 0 Å². The Hall–Kier alpha value is -1.86. The van der Waals surface area contributed by atoms with Crippen LogP contribution in [0.25, 0.3) is 0 Å². The molecule has 0 aliphatic carbocycles. The number of halogens is 1. The van der Waals surface area contributed by atoms with Gasteiger partial charge in [-0.3, -0.25) is 4.79 Å². The number of carbonyl (C=O) groups excluding carboxylic acids is 1. The van der Waals surface area contributed by atoms with E-state index in [2.05, 4.69) is 11.8 Å². The molecule has 4 heteroatoms. The molecular weight excluding hydrogens is 245 g/mol. The molecule has 3 nitrogen and oxygen atoms in total. The standard InChI is InChI=1S/C15H16FNO2/c1-11-4-2-8-17(11)15(19)13-10-12(5-3-9-18)6-7-14(13)16/h6-7,10-11,18H,2,4,8-9H2,1H3. The first-order valence-electron chi connectivity index (χ1n) is 6.33. The molecule has 0 radical (unpaired) electrons. The topological polar surface area (TPSA) is 40.5 Å². The largest absolute Gasteiger partial charge is 0.384 e. The fourth-order valence-electron chi connectivity index (χ4n) is 2.30. The smallest absolute Gasteiger partial charge is 0.257 e. The van der Waals surface area contributed by atoms with Gasteiger partial charge < -0.3 is 10.0 Å². The van der Waals surface area contributed by atoms with E-state index in [0.717, 1.165) is 12.8 Å². The van der Waals surface area contributed by atoms with E-state index in [0.29, 0.717) is 12.1 Å². The summed E-state index contributed by atoms with van der Waals surface area (Å²) in [7, 11) is 0. The average molecular weight is 261 g/mol. The summed E-state index contributed by atoms with van der Waals surface area (Å²) in [5.74, 6) is 4.36. The van der Waals surface area contributed by atoms with Crippen LogP contribution in [0.5, 0.6) is 0 Å². The molecule has 19 heavy (non-hydrogen) atoms. The Labute approximate surface area is 112 Å². The third-order valence-electron chi connectivity index (χ3n) is 3.32. The highest BCUT2D eigenvalue weighted by Crippen LogP contribution is 2.21. The van der Waals surface area contributed by atoms with Crippen LogP contribution < -0.4 is 0 Å². The molecule has 1 fully saturated rings. The number of carbonyl (C=O) groups is 1. The van der Waals surface area contributed by atoms with Crippen LogP contribution in [0.1, 0.15) is 35.7 Å². The number of rotatable bonds is 1. The van der Waals surface area contributed by atoms with E-state index < -0.39 is 5.82 Å². The summed E-state index contributed by atoms with van der Waals surface area (Å²) in [6, 6.07) is 4.35. The zero-order valence-electron chi connectivity index (χ0n) is 10.8. The Kier molecular flexibility index (Phi) is 4.18. The fraction of sp³-hybridized carbons (Fsp3) is 0.400. The molecule has 1 aromatic rings. The zero-order valence-corrected chi connectivity index (χ0v) is 10.8. The molecule has 1 aliphatic heterocycles. The number of nitrogens with zero attached hydrogens (tertiary/aromatic N) is 1. The average Bonchev–Trinajstić information content (AvgIpc) is 2.83. The van der Waals surface area contributed by atoms with E-state index in [1.165, 1.54) is 18.2 Å². The van der Waals surface area contributed by atoms with E-state index >= 15 is 0 Å². The molecule has 0 aromatic heterocycles. The molecule has 1 N–H and O–H groups in total. The van der Waals surface area contributed by atoms with Gasteiger partial charge in [-0.2, -0.15) is 0 Å². The molecule has 1 heterocycles. The third-order valence-corrected chi connectivity index (χ3v) is 3.32. The van der Waals surface area contributed by atoms with Crippen molar-refractivity contribution in [2.45, 2.75) is 25.8 Å². The molecule has 1 amide bonds. The normalized spacial score (nSPS) is 18.1. The van der Waals surface area contributed by atoms with Gasteiger partial charge in [0.2, 0.25) is 0 Å². The highest BCUT2D eigenvalue weighted by Gasteiger charge is 2.27. The number of likely N-dealkylation sites (tertiary alicyclic amines) is 1. The number of aliphatic hydroxyl groups is 1. The molecule has 1 saturated heterocycles. The summed E-state index contributed by atoms with van der Waals surface area (Å²) in [4.78, 5) is 14.0. The second kappa shape index (κ2) is 5.85. The van der Waals surface area contributed by atoms with E-state index in [9.17, 15) is 9.18 Å². The van der Waals surface area contributed by atoms with Crippen molar-refractivity contribution in [2.24, 2.45) is 0 Å². The molecule has 2 rings (SSSR count). The number of benzene rings is 1. The van der Waals surface area contributed by atoms with Crippen molar-refractivity contribution in [1.29, 1.82) is 0 Å². The lowest BCUT2D eigenvalue weighted by molar-refractivity contribution is 0.0742. The Morgan fingerprint density at radius 2 is 2.37 bits per heavy atom. The van der Waals surface area contributed by atoms with Crippen LogP contribution in [-0.2, 0) is 0 Å². The van der Waals surface area contributed by atoms with Gasteiger partial charge in [-0.05, 0) is 38.0 Å². The molecule has 1 unspecified atom stereocenters. The van der Waals surface area contributed by atoms with Crippen LogP contribution in [0, 0.1) is 17.7 Å². The first-order chi connectivity index (χ1) is 9.13. The van der Waals surface area contributed by atoms with Gasteiger partial charge >= 0.3 is 0 Å². The van der Waals surface area contributed by atoms with Gasteiger partial charge in [0.15, 0.2) is 0 Å². The maximum atomic E-state index is 13.8. The van der Waals surface area contributed by atoms with E-state index in [-0.39, 0.29) is 24.1 Å². The summed E-state index contributed by atoms with van der Waals surface area (Å²) >= 11 is 0. The van der Waals surface area contributed by atoms with Gasteiger partial charge in [-0.25, -0.2) is 4.39 Å². The molecule has 0 spiro atoms. The van der Waals surface area contributed by atoms with Gasteiger partial charge in [0.25, 0.3) is 5.91 Å². The fourth-order valence-corrected chi connectivity index (χ4v) is 2.30. The van der Waals surface area contributed by atoms with Crippen molar-refractivity contribution in [3.05, 3.63) is 35.1 Å². The summed E-state index contributed by atoms with van der Waals surface area (Å²) in [5.41, 5.74) is 0.587. The lowest BCUT2D eigenvalue weighted by Gasteiger charge is -2.21. The quantitative estimate of drug-likeness (QED) is 0.783. The molecule has 0 saturated carbocycles. The van der Waals surface area contributed by atoms with Gasteiger partial charge in [0.1, 0.15) is 12.4 Å². The summed E-state index contributed by atoms with van der Waals surface area (Å²) in [5, 5.41) is 8.65. The number of hydrogen-bond acceptors (Lipinski definition) is 2. The minimum atomic E-state index is -0.529. The van der Waals surface area contributed by atoms with Crippen molar-refractivity contribution in [3.8, 4) is 11.8 Å². The highest BCUT2D eigenvalue weighted by atomic mass is 19.1. The SMILES string of the molecule is CC1CCCN1C(=O)c1cc(C#CCO)ccc1F. The van der Waals surface area contributed by atoms with Crippen LogP contribution >= 0.6 is 0 Å². The summed E-state index contributed by atoms with van der Waals surface area (Å²) in [6.45, 7) is 2.38. The molecule has 0 bridgehead atoms. The van der Waals surface area contributed by atoms with Crippen LogP contribution in [0.4, 0.5) is 4.39 Å². The lowest BCUT2D eigenvalue weighted by Crippen LogP contribution is -2.34. The van der Waals surface area contributed by atoms with E-state index in [1.807, 2.05) is 6.92 Å². The van der Waals surface area contributed by atoms with Gasteiger partial charge in [0.05, 0.1) is 5.56 Å². The number of hydrogen-bond donors (Lipinski definition) is 1. The van der Waals surface area contributed by atoms with Crippen LogP contribution in [0.2, 0.25) is 0 Å². The minimum absolute atomic E-state index is 0.0542. The number of aliphatic hydroxyl groups excluding tert-OH is 1. The molecule has 1 atom stereocenters. The van der Waals surface area contributed by atoms with Gasteiger partial charge in [-0.1, -0.05) is 11.8 Å².